The molecule has 0 fully saturated rings. The number of anilines is 1. The number of hydrogen-bond acceptors (Lipinski definition) is 4. The van der Waals surface area contributed by atoms with Crippen molar-refractivity contribution in [3.8, 4) is 11.5 Å². The van der Waals surface area contributed by atoms with Crippen molar-refractivity contribution in [3.63, 3.8) is 0 Å². The van der Waals surface area contributed by atoms with Gasteiger partial charge in [0.15, 0.2) is 11.5 Å². The average molecular weight is 437 g/mol. The topological polar surface area (TPSA) is 43.4 Å². The van der Waals surface area contributed by atoms with Crippen LogP contribution in [0.1, 0.15) is 64.2 Å². The summed E-state index contributed by atoms with van der Waals surface area (Å²) in [4.78, 5) is 4.45. The van der Waals surface area contributed by atoms with Gasteiger partial charge in [0.1, 0.15) is 12.4 Å². The van der Waals surface area contributed by atoms with E-state index in [0.717, 1.165) is 29.3 Å². The molecule has 0 bridgehead atoms. The minimum Gasteiger partial charge on any atom is -0.493 e. The molecule has 0 amide bonds. The molecule has 4 rings (SSSR count). The molecule has 4 nitrogen and oxygen atoms in total. The highest BCUT2D eigenvalue weighted by Crippen LogP contribution is 2.38. The molecule has 0 spiro atoms. The van der Waals surface area contributed by atoms with Crippen LogP contribution in [-0.2, 0) is 13.0 Å². The first-order valence-electron chi connectivity index (χ1n) is 11.7. The van der Waals surface area contributed by atoms with E-state index in [4.69, 9.17) is 9.47 Å². The van der Waals surface area contributed by atoms with Crippen LogP contribution in [0.4, 0.5) is 5.82 Å². The Morgan fingerprint density at radius 2 is 1.62 bits per heavy atom. The van der Waals surface area contributed by atoms with Crippen LogP contribution in [0.2, 0.25) is 0 Å². The predicted molar refractivity (Wildman–Crippen MR) is 137 cm³/mol. The zero-order valence-electron chi connectivity index (χ0n) is 20.6. The van der Waals surface area contributed by atoms with Crippen LogP contribution in [0.15, 0.2) is 60.8 Å². The third-order valence-corrected chi connectivity index (χ3v) is 5.40. The number of hydrogen-bond donors (Lipinski definition) is 1. The molecule has 1 aromatic heterocycles. The third-order valence-electron chi connectivity index (χ3n) is 5.40. The summed E-state index contributed by atoms with van der Waals surface area (Å²) in [5.74, 6) is 2.94. The number of aryl methyl sites for hydroxylation is 1. The van der Waals surface area contributed by atoms with Gasteiger partial charge in [-0.3, -0.25) is 0 Å². The Balaban J connectivity index is 0.00000103. The van der Waals surface area contributed by atoms with E-state index >= 15 is 0 Å². The highest BCUT2D eigenvalue weighted by molar-refractivity contribution is 5.54. The molecular formula is C28H40N2O2. The Morgan fingerprint density at radius 1 is 0.938 bits per heavy atom. The van der Waals surface area contributed by atoms with Crippen LogP contribution in [0.5, 0.6) is 11.5 Å². The average Bonchev–Trinajstić information content (AvgIpc) is 3.16. The summed E-state index contributed by atoms with van der Waals surface area (Å²) < 4.78 is 11.6. The van der Waals surface area contributed by atoms with Gasteiger partial charge in [0.05, 0.1) is 7.11 Å². The van der Waals surface area contributed by atoms with Crippen LogP contribution >= 0.6 is 0 Å². The van der Waals surface area contributed by atoms with Crippen molar-refractivity contribution < 1.29 is 10.9 Å². The van der Waals surface area contributed by atoms with Gasteiger partial charge in [0, 0.05) is 19.6 Å². The molecular weight excluding hydrogens is 396 g/mol. The molecule has 3 aromatic rings. The molecule has 4 heteroatoms. The predicted octanol–water partition coefficient (Wildman–Crippen LogP) is 7.42. The summed E-state index contributed by atoms with van der Waals surface area (Å²) in [7, 11) is 1.69. The fraction of sp³-hybridized carbons (Fsp3) is 0.393. The SMILES string of the molecule is CC.CC.COc1cc(CC2c3cccnc3NC2C)ccc1OCc1ccc(C)cc1.[HH]. The van der Waals surface area contributed by atoms with Crippen molar-refractivity contribution in [2.45, 2.75) is 66.5 Å². The third kappa shape index (κ3) is 6.25. The van der Waals surface area contributed by atoms with Crippen LogP contribution < -0.4 is 14.8 Å². The Morgan fingerprint density at radius 3 is 2.31 bits per heavy atom. The number of pyridine rings is 1. The lowest BCUT2D eigenvalue weighted by atomic mass is 9.90. The van der Waals surface area contributed by atoms with E-state index < -0.39 is 0 Å². The molecule has 174 valence electrons. The largest absolute Gasteiger partial charge is 0.493 e. The van der Waals surface area contributed by atoms with Crippen LogP contribution in [0, 0.1) is 6.92 Å². The van der Waals surface area contributed by atoms with Crippen molar-refractivity contribution in [1.82, 2.24) is 4.98 Å². The first-order chi connectivity index (χ1) is 15.6. The summed E-state index contributed by atoms with van der Waals surface area (Å²) >= 11 is 0. The van der Waals surface area contributed by atoms with E-state index in [2.05, 4.69) is 66.6 Å². The molecule has 2 unspecified atom stereocenters. The second kappa shape index (κ2) is 12.7. The van der Waals surface area contributed by atoms with Crippen molar-refractivity contribution >= 4 is 5.82 Å². The molecule has 0 aliphatic carbocycles. The first-order valence-corrected chi connectivity index (χ1v) is 11.7. The lowest BCUT2D eigenvalue weighted by Crippen LogP contribution is -2.18. The molecule has 1 aliphatic heterocycles. The van der Waals surface area contributed by atoms with E-state index in [9.17, 15) is 0 Å². The summed E-state index contributed by atoms with van der Waals surface area (Å²) in [6.45, 7) is 12.8. The molecule has 1 aliphatic rings. The second-order valence-electron chi connectivity index (χ2n) is 7.44. The Kier molecular flexibility index (Phi) is 10.1. The van der Waals surface area contributed by atoms with Crippen molar-refractivity contribution in [2.24, 2.45) is 0 Å². The summed E-state index contributed by atoms with van der Waals surface area (Å²) in [6, 6.07) is 19.2. The number of fused-ring (bicyclic) bond motifs is 1. The van der Waals surface area contributed by atoms with Gasteiger partial charge in [-0.25, -0.2) is 4.98 Å². The number of nitrogens with one attached hydrogen (secondary N) is 1. The maximum absolute atomic E-state index is 6.01. The normalized spacial score (nSPS) is 15.8. The van der Waals surface area contributed by atoms with Crippen LogP contribution in [-0.4, -0.2) is 18.1 Å². The van der Waals surface area contributed by atoms with Gasteiger partial charge in [0.2, 0.25) is 0 Å². The molecule has 2 aromatic carbocycles. The van der Waals surface area contributed by atoms with Gasteiger partial charge >= 0.3 is 0 Å². The zero-order chi connectivity index (χ0) is 23.5. The number of methoxy groups -OCH3 is 1. The molecule has 0 saturated heterocycles. The van der Waals surface area contributed by atoms with E-state index in [1.54, 1.807) is 7.11 Å². The maximum atomic E-state index is 6.01. The van der Waals surface area contributed by atoms with Crippen LogP contribution in [0.3, 0.4) is 0 Å². The Bertz CT molecular complexity index is 960. The van der Waals surface area contributed by atoms with Gasteiger partial charge in [-0.15, -0.1) is 0 Å². The van der Waals surface area contributed by atoms with E-state index in [0.29, 0.717) is 18.6 Å². The van der Waals surface area contributed by atoms with Gasteiger partial charge < -0.3 is 14.8 Å². The van der Waals surface area contributed by atoms with E-state index in [-0.39, 0.29) is 1.43 Å². The van der Waals surface area contributed by atoms with E-state index in [1.807, 2.05) is 46.0 Å². The van der Waals surface area contributed by atoms with E-state index in [1.165, 1.54) is 16.7 Å². The number of aromatic nitrogens is 1. The zero-order valence-corrected chi connectivity index (χ0v) is 20.6. The molecule has 0 radical (unpaired) electrons. The minimum atomic E-state index is 0. The fourth-order valence-electron chi connectivity index (χ4n) is 3.77. The molecule has 1 N–H and O–H groups in total. The lowest BCUT2D eigenvalue weighted by molar-refractivity contribution is 0.284. The number of rotatable bonds is 6. The fourth-order valence-corrected chi connectivity index (χ4v) is 3.77. The van der Waals surface area contributed by atoms with Gasteiger partial charge in [0.25, 0.3) is 0 Å². The lowest BCUT2D eigenvalue weighted by Gasteiger charge is -2.17. The quantitative estimate of drug-likeness (QED) is 0.437. The van der Waals surface area contributed by atoms with Crippen molar-refractivity contribution in [1.29, 1.82) is 0 Å². The maximum Gasteiger partial charge on any atom is 0.161 e. The van der Waals surface area contributed by atoms with Gasteiger partial charge in [-0.1, -0.05) is 69.7 Å². The molecule has 2 atom stereocenters. The highest BCUT2D eigenvalue weighted by Gasteiger charge is 2.29. The highest BCUT2D eigenvalue weighted by atomic mass is 16.5. The second-order valence-corrected chi connectivity index (χ2v) is 7.44. The number of benzene rings is 2. The summed E-state index contributed by atoms with van der Waals surface area (Å²) in [5.41, 5.74) is 4.91. The monoisotopic (exact) mass is 436 g/mol. The van der Waals surface area contributed by atoms with Crippen molar-refractivity contribution in [3.05, 3.63) is 83.0 Å². The molecule has 2 heterocycles. The van der Waals surface area contributed by atoms with Gasteiger partial charge in [-0.05, 0) is 55.2 Å². The first kappa shape index (κ1) is 25.3. The minimum absolute atomic E-state index is 0. The number of nitrogens with zero attached hydrogens (tertiary/aromatic N) is 1. The summed E-state index contributed by atoms with van der Waals surface area (Å²) in [5, 5.41) is 3.48. The standard InChI is InChI=1S/C24H26N2O2.2C2H6.H2/c1-16-6-8-18(9-7-16)15-28-22-11-10-19(14-23(22)27-3)13-21-17(2)26-24-20(21)5-4-12-25-24;2*1-2;/h4-12,14,17,21H,13,15H2,1-3H3,(H,25,26);2*1-2H3;1H. The summed E-state index contributed by atoms with van der Waals surface area (Å²) in [6.07, 6.45) is 2.77. The van der Waals surface area contributed by atoms with Crippen LogP contribution in [0.25, 0.3) is 0 Å². The van der Waals surface area contributed by atoms with Gasteiger partial charge in [-0.2, -0.15) is 0 Å². The Hall–Kier alpha value is -3.01. The van der Waals surface area contributed by atoms with Crippen molar-refractivity contribution in [2.75, 3.05) is 12.4 Å². The molecule has 32 heavy (non-hydrogen) atoms. The smallest absolute Gasteiger partial charge is 0.161 e. The Labute approximate surface area is 195 Å². The number of ether oxygens (including phenoxy) is 2. The molecule has 0 saturated carbocycles.